The van der Waals surface area contributed by atoms with Gasteiger partial charge in [0.1, 0.15) is 11.4 Å². The van der Waals surface area contributed by atoms with Gasteiger partial charge in [0.2, 0.25) is 0 Å². The van der Waals surface area contributed by atoms with Crippen LogP contribution in [0.5, 0.6) is 5.75 Å². The van der Waals surface area contributed by atoms with Crippen LogP contribution in [0.4, 0.5) is 31.1 Å². The number of ether oxygens (including phenoxy) is 2. The molecule has 0 aliphatic carbocycles. The molecule has 2 atom stereocenters. The van der Waals surface area contributed by atoms with Crippen LogP contribution in [0.2, 0.25) is 0 Å². The topological polar surface area (TPSA) is 132 Å². The lowest BCUT2D eigenvalue weighted by molar-refractivity contribution is -0.164. The minimum Gasteiger partial charge on any atom is -0.465 e. The predicted octanol–water partition coefficient (Wildman–Crippen LogP) is 4.73. The highest BCUT2D eigenvalue weighted by atomic mass is 19.4. The van der Waals surface area contributed by atoms with E-state index in [0.717, 1.165) is 31.5 Å². The first-order valence-electron chi connectivity index (χ1n) is 10.2. The normalized spacial score (nSPS) is 19.8. The lowest BCUT2D eigenvalue weighted by Crippen LogP contribution is -2.48. The number of hydrogen-bond acceptors (Lipinski definition) is 8. The number of hydrogen-bond donors (Lipinski definition) is 2. The zero-order chi connectivity index (χ0) is 27.0. The average molecular weight is 531 g/mol. The standard InChI is InChI=1S/C21H15F6N5O5/c1-20(6-15(21(25,26)27)30-18(36-20)31-19(33)34)11-4-9(2-3-12(11)22)14-5-13(32-37-14)16-28-7-10(8-29-16)35-17(23)24/h2-5,7-8,15,17H,6H2,1H3,(H,30,31)(H,33,34)/t15-,20-/m0/s1. The molecule has 2 N–H and O–H groups in total. The van der Waals surface area contributed by atoms with Crippen LogP contribution in [0.25, 0.3) is 22.8 Å². The summed E-state index contributed by atoms with van der Waals surface area (Å²) in [5.41, 5.74) is -2.06. The van der Waals surface area contributed by atoms with Crippen molar-refractivity contribution in [1.29, 1.82) is 0 Å². The minimum atomic E-state index is -4.86. The highest BCUT2D eigenvalue weighted by Crippen LogP contribution is 2.42. The Balaban J connectivity index is 1.65. The summed E-state index contributed by atoms with van der Waals surface area (Å²) >= 11 is 0. The van der Waals surface area contributed by atoms with Gasteiger partial charge in [0.05, 0.1) is 12.4 Å². The van der Waals surface area contributed by atoms with Crippen LogP contribution in [-0.4, -0.2) is 51.2 Å². The van der Waals surface area contributed by atoms with Crippen LogP contribution < -0.4 is 10.1 Å². The van der Waals surface area contributed by atoms with E-state index in [4.69, 9.17) is 14.4 Å². The number of carboxylic acid groups (broad SMARTS) is 1. The van der Waals surface area contributed by atoms with E-state index in [1.54, 1.807) is 5.32 Å². The highest BCUT2D eigenvalue weighted by Gasteiger charge is 2.50. The van der Waals surface area contributed by atoms with E-state index in [1.165, 1.54) is 12.1 Å². The first-order chi connectivity index (χ1) is 17.3. The fraction of sp³-hybridized carbons (Fsp3) is 0.286. The Morgan fingerprint density at radius 2 is 1.95 bits per heavy atom. The van der Waals surface area contributed by atoms with Gasteiger partial charge in [-0.25, -0.2) is 29.5 Å². The van der Waals surface area contributed by atoms with Gasteiger partial charge < -0.3 is 19.1 Å². The Bertz CT molecular complexity index is 1330. The van der Waals surface area contributed by atoms with Crippen molar-refractivity contribution in [2.24, 2.45) is 4.99 Å². The molecule has 0 saturated carbocycles. The van der Waals surface area contributed by atoms with E-state index in [-0.39, 0.29) is 34.2 Å². The first kappa shape index (κ1) is 25.7. The number of aliphatic imine (C=N–C) groups is 1. The molecule has 1 aliphatic rings. The molecular weight excluding hydrogens is 516 g/mol. The van der Waals surface area contributed by atoms with Crippen LogP contribution in [0.15, 0.2) is 46.2 Å². The number of nitrogens with zero attached hydrogens (tertiary/aromatic N) is 4. The third kappa shape index (κ3) is 5.73. The van der Waals surface area contributed by atoms with Gasteiger partial charge in [-0.1, -0.05) is 5.16 Å². The van der Waals surface area contributed by atoms with Crippen LogP contribution in [0, 0.1) is 5.82 Å². The Hall–Kier alpha value is -4.37. The second-order valence-electron chi connectivity index (χ2n) is 7.85. The molecule has 0 spiro atoms. The van der Waals surface area contributed by atoms with E-state index >= 15 is 0 Å². The van der Waals surface area contributed by atoms with Gasteiger partial charge in [-0.15, -0.1) is 0 Å². The molecule has 16 heteroatoms. The van der Waals surface area contributed by atoms with Crippen LogP contribution in [0.3, 0.4) is 0 Å². The molecular formula is C21H15F6N5O5. The van der Waals surface area contributed by atoms with Gasteiger partial charge in [-0.3, -0.25) is 0 Å². The Kier molecular flexibility index (Phi) is 6.66. The molecule has 0 bridgehead atoms. The van der Waals surface area contributed by atoms with E-state index in [9.17, 15) is 31.1 Å². The largest absolute Gasteiger partial charge is 0.465 e. The van der Waals surface area contributed by atoms with E-state index in [1.807, 2.05) is 0 Å². The van der Waals surface area contributed by atoms with Crippen molar-refractivity contribution >= 4 is 12.1 Å². The maximum Gasteiger partial charge on any atom is 0.412 e. The molecule has 2 aromatic heterocycles. The van der Waals surface area contributed by atoms with E-state index < -0.39 is 48.8 Å². The second-order valence-corrected chi connectivity index (χ2v) is 7.85. The van der Waals surface area contributed by atoms with E-state index in [2.05, 4.69) is 24.9 Å². The summed E-state index contributed by atoms with van der Waals surface area (Å²) in [5.74, 6) is -1.20. The predicted molar refractivity (Wildman–Crippen MR) is 111 cm³/mol. The first-order valence-corrected chi connectivity index (χ1v) is 10.2. The van der Waals surface area contributed by atoms with Gasteiger partial charge in [-0.05, 0) is 25.1 Å². The van der Waals surface area contributed by atoms with Crippen molar-refractivity contribution in [2.75, 3.05) is 0 Å². The molecule has 196 valence electrons. The quantitative estimate of drug-likeness (QED) is 0.452. The number of alkyl halides is 5. The van der Waals surface area contributed by atoms with Gasteiger partial charge in [0, 0.05) is 23.6 Å². The van der Waals surface area contributed by atoms with Crippen LogP contribution in [0.1, 0.15) is 18.9 Å². The third-order valence-corrected chi connectivity index (χ3v) is 5.18. The number of benzene rings is 1. The van der Waals surface area contributed by atoms with E-state index in [0.29, 0.717) is 0 Å². The SMILES string of the molecule is C[C@@]1(c2cc(-c3cc(-c4ncc(OC(F)F)cn4)no3)ccc2F)C[C@@H](C(F)(F)F)N=C(NC(=O)O)O1. The maximum absolute atomic E-state index is 14.9. The number of amidine groups is 1. The minimum absolute atomic E-state index is 0.0184. The second kappa shape index (κ2) is 9.59. The number of rotatable bonds is 5. The molecule has 1 aromatic carbocycles. The van der Waals surface area contributed by atoms with Gasteiger partial charge in [0.25, 0.3) is 6.02 Å². The molecule has 0 radical (unpaired) electrons. The number of halogens is 6. The third-order valence-electron chi connectivity index (χ3n) is 5.18. The molecule has 0 fully saturated rings. The van der Waals surface area contributed by atoms with Gasteiger partial charge in [-0.2, -0.15) is 22.0 Å². The number of aromatic nitrogens is 3. The summed E-state index contributed by atoms with van der Waals surface area (Å²) in [6, 6.07) is 1.42. The maximum atomic E-state index is 14.9. The van der Waals surface area contributed by atoms with Crippen molar-refractivity contribution in [3.8, 4) is 28.6 Å². The molecule has 1 aliphatic heterocycles. The molecule has 3 aromatic rings. The number of nitrogens with one attached hydrogen (secondary N) is 1. The zero-order valence-corrected chi connectivity index (χ0v) is 18.5. The Labute approximate surface area is 202 Å². The van der Waals surface area contributed by atoms with Crippen LogP contribution >= 0.6 is 0 Å². The summed E-state index contributed by atoms with van der Waals surface area (Å²) < 4.78 is 94.7. The molecule has 10 nitrogen and oxygen atoms in total. The Morgan fingerprint density at radius 3 is 2.57 bits per heavy atom. The van der Waals surface area contributed by atoms with Crippen LogP contribution in [-0.2, 0) is 10.3 Å². The smallest absolute Gasteiger partial charge is 0.412 e. The van der Waals surface area contributed by atoms with Gasteiger partial charge >= 0.3 is 18.9 Å². The lowest BCUT2D eigenvalue weighted by atomic mass is 9.86. The molecule has 3 heterocycles. The van der Waals surface area contributed by atoms with Crippen molar-refractivity contribution in [2.45, 2.75) is 37.8 Å². The molecule has 1 amide bonds. The summed E-state index contributed by atoms with van der Waals surface area (Å²) in [6.07, 6.45) is -5.45. The lowest BCUT2D eigenvalue weighted by Gasteiger charge is -2.38. The summed E-state index contributed by atoms with van der Waals surface area (Å²) in [5, 5.41) is 14.3. The monoisotopic (exact) mass is 531 g/mol. The molecule has 0 saturated heterocycles. The fourth-order valence-corrected chi connectivity index (χ4v) is 3.55. The van der Waals surface area contributed by atoms with Gasteiger partial charge in [0.15, 0.2) is 29.1 Å². The summed E-state index contributed by atoms with van der Waals surface area (Å²) in [4.78, 5) is 21.9. The molecule has 4 rings (SSSR count). The number of carbonyl (C=O) groups is 1. The molecule has 37 heavy (non-hydrogen) atoms. The van der Waals surface area contributed by atoms with Crippen molar-refractivity contribution in [3.05, 3.63) is 48.0 Å². The van der Waals surface area contributed by atoms with Crippen molar-refractivity contribution in [3.63, 3.8) is 0 Å². The highest BCUT2D eigenvalue weighted by molar-refractivity contribution is 5.90. The summed E-state index contributed by atoms with van der Waals surface area (Å²) in [6.45, 7) is -1.90. The fourth-order valence-electron chi connectivity index (χ4n) is 3.55. The zero-order valence-electron chi connectivity index (χ0n) is 18.5. The van der Waals surface area contributed by atoms with Crippen molar-refractivity contribution in [1.82, 2.24) is 20.4 Å². The molecule has 0 unspecified atom stereocenters. The average Bonchev–Trinajstić information content (AvgIpc) is 3.28. The van der Waals surface area contributed by atoms with Crippen molar-refractivity contribution < 1.29 is 50.2 Å². The number of amides is 1. The summed E-state index contributed by atoms with van der Waals surface area (Å²) in [7, 11) is 0. The Morgan fingerprint density at radius 1 is 1.24 bits per heavy atom.